The monoisotopic (exact) mass is 787 g/mol. The lowest BCUT2D eigenvalue weighted by molar-refractivity contribution is 0.768. The standard InChI is InChI=1S/C61H41N/c1-3-19-48(20-4-1)61(49-21-5-2-6-22-49)59-28-12-11-26-57(59)58-38-36-52(41-60(58)61)62(51-23-13-18-46(40-51)55-27-14-17-43-15-7-9-24-53(43)55)50-34-31-42(32-35-50)45-33-37-56-47(39-45)30-29-44-16-8-10-25-54(44)56/h1-41H. The van der Waals surface area contributed by atoms with Crippen LogP contribution in [0.5, 0.6) is 0 Å². The average molecular weight is 788 g/mol. The quantitative estimate of drug-likeness (QED) is 0.145. The Labute approximate surface area is 362 Å². The van der Waals surface area contributed by atoms with Gasteiger partial charge in [-0.3, -0.25) is 0 Å². The first-order chi connectivity index (χ1) is 30.7. The summed E-state index contributed by atoms with van der Waals surface area (Å²) in [6, 6.07) is 91.7. The Kier molecular flexibility index (Phi) is 8.47. The zero-order chi connectivity index (χ0) is 41.0. The molecule has 0 N–H and O–H groups in total. The fourth-order valence-corrected chi connectivity index (χ4v) is 10.3. The highest BCUT2D eigenvalue weighted by Gasteiger charge is 2.46. The minimum atomic E-state index is -0.508. The second-order valence-electron chi connectivity index (χ2n) is 16.4. The van der Waals surface area contributed by atoms with E-state index < -0.39 is 5.41 Å². The molecule has 0 spiro atoms. The van der Waals surface area contributed by atoms with Crippen molar-refractivity contribution in [2.24, 2.45) is 0 Å². The number of hydrogen-bond donors (Lipinski definition) is 0. The highest BCUT2D eigenvalue weighted by molar-refractivity contribution is 6.08. The van der Waals surface area contributed by atoms with Crippen molar-refractivity contribution in [3.8, 4) is 33.4 Å². The molecule has 0 bridgehead atoms. The van der Waals surface area contributed by atoms with Gasteiger partial charge in [0.25, 0.3) is 0 Å². The van der Waals surface area contributed by atoms with Crippen LogP contribution in [-0.2, 0) is 5.41 Å². The summed E-state index contributed by atoms with van der Waals surface area (Å²) in [5, 5.41) is 7.56. The van der Waals surface area contributed by atoms with E-state index in [1.165, 1.54) is 88.0 Å². The predicted octanol–water partition coefficient (Wildman–Crippen LogP) is 16.3. The molecule has 1 heteroatoms. The van der Waals surface area contributed by atoms with Crippen molar-refractivity contribution in [3.63, 3.8) is 0 Å². The molecule has 0 heterocycles. The maximum atomic E-state index is 2.46. The van der Waals surface area contributed by atoms with Crippen molar-refractivity contribution < 1.29 is 0 Å². The third kappa shape index (κ3) is 5.70. The van der Waals surface area contributed by atoms with Gasteiger partial charge in [-0.1, -0.05) is 206 Å². The number of benzene rings is 11. The van der Waals surface area contributed by atoms with Gasteiger partial charge in [-0.05, 0) is 130 Å². The molecule has 0 amide bonds. The molecule has 0 aromatic heterocycles. The van der Waals surface area contributed by atoms with Crippen LogP contribution in [0.25, 0.3) is 65.7 Å². The minimum absolute atomic E-state index is 0.508. The fraction of sp³-hybridized carbons (Fsp3) is 0.0164. The van der Waals surface area contributed by atoms with Crippen molar-refractivity contribution in [3.05, 3.63) is 271 Å². The van der Waals surface area contributed by atoms with E-state index in [4.69, 9.17) is 0 Å². The highest BCUT2D eigenvalue weighted by Crippen LogP contribution is 2.57. The Morgan fingerprint density at radius 2 is 0.806 bits per heavy atom. The number of rotatable bonds is 7. The van der Waals surface area contributed by atoms with E-state index in [9.17, 15) is 0 Å². The molecule has 0 radical (unpaired) electrons. The van der Waals surface area contributed by atoms with Crippen molar-refractivity contribution in [1.82, 2.24) is 0 Å². The van der Waals surface area contributed by atoms with E-state index in [1.54, 1.807) is 0 Å². The predicted molar refractivity (Wildman–Crippen MR) is 262 cm³/mol. The first-order valence-electron chi connectivity index (χ1n) is 21.5. The number of hydrogen-bond acceptors (Lipinski definition) is 1. The molecule has 290 valence electrons. The molecule has 0 aliphatic heterocycles. The number of anilines is 3. The van der Waals surface area contributed by atoms with E-state index >= 15 is 0 Å². The van der Waals surface area contributed by atoms with Gasteiger partial charge in [0, 0.05) is 17.1 Å². The number of nitrogens with zero attached hydrogens (tertiary/aromatic N) is 1. The summed E-state index contributed by atoms with van der Waals surface area (Å²) in [5.41, 5.74) is 15.2. The van der Waals surface area contributed by atoms with Gasteiger partial charge in [0.2, 0.25) is 0 Å². The van der Waals surface area contributed by atoms with E-state index in [2.05, 4.69) is 254 Å². The Morgan fingerprint density at radius 3 is 1.60 bits per heavy atom. The van der Waals surface area contributed by atoms with Crippen LogP contribution in [-0.4, -0.2) is 0 Å². The van der Waals surface area contributed by atoms with Crippen LogP contribution < -0.4 is 4.90 Å². The van der Waals surface area contributed by atoms with Crippen LogP contribution in [0.3, 0.4) is 0 Å². The molecule has 62 heavy (non-hydrogen) atoms. The topological polar surface area (TPSA) is 3.24 Å². The summed E-state index contributed by atoms with van der Waals surface area (Å²) < 4.78 is 0. The van der Waals surface area contributed by atoms with E-state index in [0.29, 0.717) is 0 Å². The van der Waals surface area contributed by atoms with E-state index in [1.807, 2.05) is 0 Å². The van der Waals surface area contributed by atoms with Crippen LogP contribution in [0.2, 0.25) is 0 Å². The van der Waals surface area contributed by atoms with Gasteiger partial charge >= 0.3 is 0 Å². The zero-order valence-corrected chi connectivity index (χ0v) is 34.1. The van der Waals surface area contributed by atoms with Crippen LogP contribution >= 0.6 is 0 Å². The lowest BCUT2D eigenvalue weighted by Gasteiger charge is -2.35. The Morgan fingerprint density at radius 1 is 0.258 bits per heavy atom. The van der Waals surface area contributed by atoms with Crippen LogP contribution in [0, 0.1) is 0 Å². The molecule has 11 aromatic carbocycles. The van der Waals surface area contributed by atoms with E-state index in [0.717, 1.165) is 17.1 Å². The Bertz CT molecular complexity index is 3410. The minimum Gasteiger partial charge on any atom is -0.310 e. The zero-order valence-electron chi connectivity index (χ0n) is 34.1. The second kappa shape index (κ2) is 14.6. The summed E-state index contributed by atoms with van der Waals surface area (Å²) in [4.78, 5) is 2.44. The van der Waals surface area contributed by atoms with Gasteiger partial charge in [0.05, 0.1) is 5.41 Å². The van der Waals surface area contributed by atoms with Crippen molar-refractivity contribution >= 4 is 49.4 Å². The maximum absolute atomic E-state index is 2.46. The van der Waals surface area contributed by atoms with Crippen molar-refractivity contribution in [2.75, 3.05) is 4.90 Å². The first-order valence-corrected chi connectivity index (χ1v) is 21.5. The van der Waals surface area contributed by atoms with E-state index in [-0.39, 0.29) is 0 Å². The average Bonchev–Trinajstić information content (AvgIpc) is 3.65. The summed E-state index contributed by atoms with van der Waals surface area (Å²) >= 11 is 0. The first kappa shape index (κ1) is 35.9. The molecule has 0 saturated carbocycles. The van der Waals surface area contributed by atoms with Crippen LogP contribution in [0.15, 0.2) is 249 Å². The molecule has 11 aromatic rings. The molecule has 0 unspecified atom stereocenters. The lowest BCUT2D eigenvalue weighted by atomic mass is 9.67. The normalized spacial score (nSPS) is 12.6. The largest absolute Gasteiger partial charge is 0.310 e. The summed E-state index contributed by atoms with van der Waals surface area (Å²) in [5.74, 6) is 0. The molecule has 0 fully saturated rings. The van der Waals surface area contributed by atoms with Gasteiger partial charge in [-0.15, -0.1) is 0 Å². The van der Waals surface area contributed by atoms with Gasteiger partial charge in [-0.25, -0.2) is 0 Å². The smallest absolute Gasteiger partial charge is 0.0714 e. The summed E-state index contributed by atoms with van der Waals surface area (Å²) in [6.45, 7) is 0. The highest BCUT2D eigenvalue weighted by atomic mass is 15.1. The molecule has 1 nitrogen and oxygen atoms in total. The SMILES string of the molecule is c1ccc(C2(c3ccccc3)c3ccccc3-c3ccc(N(c4ccc(-c5ccc6c(ccc7ccccc76)c5)cc4)c4cccc(-c5cccc6ccccc56)c4)cc32)cc1. The molecule has 0 atom stereocenters. The van der Waals surface area contributed by atoms with Crippen molar-refractivity contribution in [2.45, 2.75) is 5.41 Å². The second-order valence-corrected chi connectivity index (χ2v) is 16.4. The summed E-state index contributed by atoms with van der Waals surface area (Å²) in [7, 11) is 0. The Hall–Kier alpha value is -8.00. The lowest BCUT2D eigenvalue weighted by Crippen LogP contribution is -2.28. The molecule has 0 saturated heterocycles. The van der Waals surface area contributed by atoms with Gasteiger partial charge in [-0.2, -0.15) is 0 Å². The molecule has 12 rings (SSSR count). The molecule has 1 aliphatic rings. The van der Waals surface area contributed by atoms with Gasteiger partial charge in [0.15, 0.2) is 0 Å². The van der Waals surface area contributed by atoms with Crippen LogP contribution in [0.1, 0.15) is 22.3 Å². The van der Waals surface area contributed by atoms with Crippen molar-refractivity contribution in [1.29, 1.82) is 0 Å². The number of fused-ring (bicyclic) bond motifs is 7. The fourth-order valence-electron chi connectivity index (χ4n) is 10.3. The molecular weight excluding hydrogens is 747 g/mol. The maximum Gasteiger partial charge on any atom is 0.0714 e. The van der Waals surface area contributed by atoms with Gasteiger partial charge in [0.1, 0.15) is 0 Å². The summed E-state index contributed by atoms with van der Waals surface area (Å²) in [6.07, 6.45) is 0. The molecular formula is C61H41N. The third-order valence-corrected chi connectivity index (χ3v) is 13.1. The van der Waals surface area contributed by atoms with Crippen LogP contribution in [0.4, 0.5) is 17.1 Å². The Balaban J connectivity index is 1.05. The third-order valence-electron chi connectivity index (χ3n) is 13.1. The molecule has 1 aliphatic carbocycles. The van der Waals surface area contributed by atoms with Gasteiger partial charge < -0.3 is 4.90 Å².